The molecular weight excluding hydrogens is 184 g/mol. The van der Waals surface area contributed by atoms with Gasteiger partial charge in [-0.3, -0.25) is 0 Å². The Morgan fingerprint density at radius 3 is 3.15 bits per heavy atom. The molecule has 1 aromatic rings. The molecule has 1 aliphatic heterocycles. The van der Waals surface area contributed by atoms with Gasteiger partial charge in [0, 0.05) is 10.6 Å². The van der Waals surface area contributed by atoms with Gasteiger partial charge in [0.05, 0.1) is 12.2 Å². The molecule has 1 aliphatic rings. The molecule has 68 valence electrons. The van der Waals surface area contributed by atoms with E-state index in [0.717, 1.165) is 21.8 Å². The van der Waals surface area contributed by atoms with Crippen molar-refractivity contribution >= 4 is 17.7 Å². The van der Waals surface area contributed by atoms with Crippen LogP contribution in [0.2, 0.25) is 0 Å². The molecule has 0 saturated carbocycles. The van der Waals surface area contributed by atoms with E-state index in [2.05, 4.69) is 0 Å². The molecule has 0 amide bonds. The van der Waals surface area contributed by atoms with Crippen LogP contribution in [0.15, 0.2) is 23.1 Å². The van der Waals surface area contributed by atoms with Crippen molar-refractivity contribution in [3.63, 3.8) is 0 Å². The standard InChI is InChI=1S/C10H10O2S/c1-2-12-10(11)9-7-4-3-5-8(9)13-6-7/h3-5H,2,6H2,1H3. The van der Waals surface area contributed by atoms with E-state index in [1.54, 1.807) is 11.8 Å². The number of fused-ring (bicyclic) bond motifs is 2. The minimum Gasteiger partial charge on any atom is -0.462 e. The zero-order chi connectivity index (χ0) is 9.26. The van der Waals surface area contributed by atoms with Gasteiger partial charge in [-0.25, -0.2) is 4.79 Å². The fraction of sp³-hybridized carbons (Fsp3) is 0.300. The van der Waals surface area contributed by atoms with E-state index in [0.29, 0.717) is 6.61 Å². The van der Waals surface area contributed by atoms with Crippen molar-refractivity contribution in [3.8, 4) is 0 Å². The maximum absolute atomic E-state index is 11.5. The Labute approximate surface area is 81.3 Å². The normalized spacial score (nSPS) is 13.0. The molecule has 1 aromatic carbocycles. The maximum Gasteiger partial charge on any atom is 0.339 e. The predicted molar refractivity (Wildman–Crippen MR) is 52.0 cm³/mol. The van der Waals surface area contributed by atoms with Gasteiger partial charge in [0.1, 0.15) is 0 Å². The van der Waals surface area contributed by atoms with Gasteiger partial charge in [-0.2, -0.15) is 0 Å². The molecule has 0 aliphatic carbocycles. The fourth-order valence-corrected chi connectivity index (χ4v) is 2.49. The maximum atomic E-state index is 11.5. The van der Waals surface area contributed by atoms with Crippen molar-refractivity contribution in [2.24, 2.45) is 0 Å². The van der Waals surface area contributed by atoms with Gasteiger partial charge < -0.3 is 4.74 Å². The Morgan fingerprint density at radius 1 is 1.62 bits per heavy atom. The molecule has 3 heteroatoms. The van der Waals surface area contributed by atoms with Crippen LogP contribution in [0.1, 0.15) is 22.8 Å². The van der Waals surface area contributed by atoms with Gasteiger partial charge in [-0.05, 0) is 18.6 Å². The molecule has 0 spiro atoms. The number of thioether (sulfide) groups is 1. The number of ether oxygens (including phenoxy) is 1. The number of hydrogen-bond donors (Lipinski definition) is 0. The summed E-state index contributed by atoms with van der Waals surface area (Å²) in [5, 5.41) is 0. The summed E-state index contributed by atoms with van der Waals surface area (Å²) in [6.45, 7) is 2.27. The summed E-state index contributed by atoms with van der Waals surface area (Å²) in [4.78, 5) is 12.5. The fourth-order valence-electron chi connectivity index (χ4n) is 1.41. The van der Waals surface area contributed by atoms with Crippen LogP contribution in [0.4, 0.5) is 0 Å². The summed E-state index contributed by atoms with van der Waals surface area (Å²) in [5.41, 5.74) is 1.87. The lowest BCUT2D eigenvalue weighted by Crippen LogP contribution is -2.06. The Morgan fingerprint density at radius 2 is 2.46 bits per heavy atom. The Balaban J connectivity index is 2.36. The van der Waals surface area contributed by atoms with Crippen LogP contribution in [-0.2, 0) is 10.5 Å². The summed E-state index contributed by atoms with van der Waals surface area (Å²) in [7, 11) is 0. The van der Waals surface area contributed by atoms with E-state index in [-0.39, 0.29) is 5.97 Å². The van der Waals surface area contributed by atoms with Crippen molar-refractivity contribution in [3.05, 3.63) is 29.3 Å². The molecule has 0 fully saturated rings. The van der Waals surface area contributed by atoms with Crippen molar-refractivity contribution in [1.82, 2.24) is 0 Å². The van der Waals surface area contributed by atoms with Gasteiger partial charge in [0.25, 0.3) is 0 Å². The zero-order valence-corrected chi connectivity index (χ0v) is 8.19. The molecule has 0 atom stereocenters. The van der Waals surface area contributed by atoms with Gasteiger partial charge in [0.15, 0.2) is 0 Å². The minimum atomic E-state index is -0.182. The number of esters is 1. The van der Waals surface area contributed by atoms with Gasteiger partial charge in [-0.15, -0.1) is 11.8 Å². The lowest BCUT2D eigenvalue weighted by molar-refractivity contribution is 0.0522. The summed E-state index contributed by atoms with van der Waals surface area (Å²) in [5.74, 6) is 0.717. The highest BCUT2D eigenvalue weighted by atomic mass is 32.2. The van der Waals surface area contributed by atoms with Crippen LogP contribution in [0.3, 0.4) is 0 Å². The van der Waals surface area contributed by atoms with Crippen LogP contribution in [-0.4, -0.2) is 12.6 Å². The van der Waals surface area contributed by atoms with E-state index in [9.17, 15) is 4.79 Å². The highest BCUT2D eigenvalue weighted by Gasteiger charge is 2.22. The highest BCUT2D eigenvalue weighted by molar-refractivity contribution is 7.99. The lowest BCUT2D eigenvalue weighted by atomic mass is 10.1. The second-order valence-corrected chi connectivity index (χ2v) is 3.82. The first kappa shape index (κ1) is 8.63. The van der Waals surface area contributed by atoms with Gasteiger partial charge in [0.2, 0.25) is 0 Å². The number of rotatable bonds is 2. The molecule has 2 bridgehead atoms. The van der Waals surface area contributed by atoms with Crippen molar-refractivity contribution < 1.29 is 9.53 Å². The molecule has 13 heavy (non-hydrogen) atoms. The average molecular weight is 194 g/mol. The largest absolute Gasteiger partial charge is 0.462 e. The average Bonchev–Trinajstić information content (AvgIpc) is 2.37. The van der Waals surface area contributed by atoms with Crippen LogP contribution < -0.4 is 0 Å². The van der Waals surface area contributed by atoms with Crippen LogP contribution in [0.25, 0.3) is 0 Å². The summed E-state index contributed by atoms with van der Waals surface area (Å²) >= 11 is 1.70. The van der Waals surface area contributed by atoms with E-state index < -0.39 is 0 Å². The van der Waals surface area contributed by atoms with Crippen LogP contribution in [0.5, 0.6) is 0 Å². The predicted octanol–water partition coefficient (Wildman–Crippen LogP) is 2.47. The number of benzene rings is 1. The SMILES string of the molecule is CCOC(=O)c1c2cccc1SC2. The molecule has 1 heterocycles. The second kappa shape index (κ2) is 3.42. The molecular formula is C10H10O2S. The van der Waals surface area contributed by atoms with Crippen molar-refractivity contribution in [2.75, 3.05) is 6.61 Å². The third-order valence-electron chi connectivity index (χ3n) is 1.98. The van der Waals surface area contributed by atoms with Gasteiger partial charge >= 0.3 is 5.97 Å². The van der Waals surface area contributed by atoms with Crippen molar-refractivity contribution in [2.45, 2.75) is 17.6 Å². The first-order valence-electron chi connectivity index (χ1n) is 4.24. The van der Waals surface area contributed by atoms with E-state index in [1.165, 1.54) is 0 Å². The third kappa shape index (κ3) is 1.44. The van der Waals surface area contributed by atoms with E-state index >= 15 is 0 Å². The molecule has 0 radical (unpaired) electrons. The summed E-state index contributed by atoms with van der Waals surface area (Å²) in [6, 6.07) is 5.93. The zero-order valence-electron chi connectivity index (χ0n) is 7.37. The highest BCUT2D eigenvalue weighted by Crippen LogP contribution is 2.36. The van der Waals surface area contributed by atoms with E-state index in [1.807, 2.05) is 25.1 Å². The smallest absolute Gasteiger partial charge is 0.339 e. The number of carbonyl (C=O) groups is 1. The van der Waals surface area contributed by atoms with E-state index in [4.69, 9.17) is 4.74 Å². The topological polar surface area (TPSA) is 26.3 Å². The summed E-state index contributed by atoms with van der Waals surface area (Å²) in [6.07, 6.45) is 0. The monoisotopic (exact) mass is 194 g/mol. The first-order chi connectivity index (χ1) is 6.33. The third-order valence-corrected chi connectivity index (χ3v) is 3.08. The Bertz CT molecular complexity index is 325. The van der Waals surface area contributed by atoms with Crippen molar-refractivity contribution in [1.29, 1.82) is 0 Å². The summed E-state index contributed by atoms with van der Waals surface area (Å²) < 4.78 is 4.98. The molecule has 2 rings (SSSR count). The molecule has 0 saturated heterocycles. The lowest BCUT2D eigenvalue weighted by Gasteiger charge is -2.03. The van der Waals surface area contributed by atoms with Gasteiger partial charge in [-0.1, -0.05) is 12.1 Å². The Kier molecular flexibility index (Phi) is 2.27. The molecule has 0 N–H and O–H groups in total. The number of carbonyl (C=O) groups excluding carboxylic acids is 1. The first-order valence-corrected chi connectivity index (χ1v) is 5.23. The van der Waals surface area contributed by atoms with Crippen LogP contribution in [0, 0.1) is 0 Å². The minimum absolute atomic E-state index is 0.182. The number of hydrogen-bond acceptors (Lipinski definition) is 3. The quantitative estimate of drug-likeness (QED) is 0.676. The molecule has 0 aromatic heterocycles. The molecule has 0 unspecified atom stereocenters. The molecule has 2 nitrogen and oxygen atoms in total. The Hall–Kier alpha value is -0.960. The second-order valence-electron chi connectivity index (χ2n) is 2.80. The van der Waals surface area contributed by atoms with Crippen LogP contribution >= 0.6 is 11.8 Å².